The van der Waals surface area contributed by atoms with E-state index >= 15 is 0 Å². The van der Waals surface area contributed by atoms with E-state index in [0.29, 0.717) is 11.9 Å². The summed E-state index contributed by atoms with van der Waals surface area (Å²) >= 11 is 1.60. The predicted octanol–water partition coefficient (Wildman–Crippen LogP) is 1.50. The monoisotopic (exact) mass is 370 g/mol. The van der Waals surface area contributed by atoms with Crippen molar-refractivity contribution in [2.24, 2.45) is 14.1 Å². The summed E-state index contributed by atoms with van der Waals surface area (Å²) in [5.74, 6) is -0.172. The van der Waals surface area contributed by atoms with Crippen LogP contribution in [0.2, 0.25) is 0 Å². The molecule has 0 spiro atoms. The Morgan fingerprint density at radius 2 is 2.00 bits per heavy atom. The molecule has 26 heavy (non-hydrogen) atoms. The molecule has 7 nitrogen and oxygen atoms in total. The molecule has 0 aromatic carbocycles. The Bertz CT molecular complexity index is 1110. The van der Waals surface area contributed by atoms with Crippen LogP contribution in [0.4, 0.5) is 0 Å². The normalized spacial score (nSPS) is 13.9. The van der Waals surface area contributed by atoms with Gasteiger partial charge in [-0.2, -0.15) is 11.3 Å². The number of rotatable bonds is 4. The summed E-state index contributed by atoms with van der Waals surface area (Å²) in [4.78, 5) is 43.6. The van der Waals surface area contributed by atoms with Gasteiger partial charge in [-0.25, -0.2) is 9.78 Å². The lowest BCUT2D eigenvalue weighted by Gasteiger charge is -2.21. The first-order valence-electron chi connectivity index (χ1n) is 8.36. The molecular formula is C18H18N4O3S. The van der Waals surface area contributed by atoms with Crippen molar-refractivity contribution < 1.29 is 4.79 Å². The topological polar surface area (TPSA) is 77.2 Å². The number of thiophene rings is 1. The van der Waals surface area contributed by atoms with Gasteiger partial charge in [0.2, 0.25) is 0 Å². The van der Waals surface area contributed by atoms with Gasteiger partial charge in [-0.3, -0.25) is 18.7 Å². The lowest BCUT2D eigenvalue weighted by molar-refractivity contribution is 0.0724. The minimum absolute atomic E-state index is 0.172. The van der Waals surface area contributed by atoms with Gasteiger partial charge in [0.15, 0.2) is 0 Å². The van der Waals surface area contributed by atoms with Crippen molar-refractivity contribution in [1.82, 2.24) is 19.0 Å². The quantitative estimate of drug-likeness (QED) is 0.697. The molecular weight excluding hydrogens is 352 g/mol. The summed E-state index contributed by atoms with van der Waals surface area (Å²) in [6.45, 7) is 0.544. The summed E-state index contributed by atoms with van der Waals surface area (Å²) < 4.78 is 2.34. The summed E-state index contributed by atoms with van der Waals surface area (Å²) in [5, 5.41) is 4.34. The molecule has 1 aliphatic carbocycles. The van der Waals surface area contributed by atoms with Crippen molar-refractivity contribution in [2.45, 2.75) is 25.4 Å². The van der Waals surface area contributed by atoms with E-state index in [9.17, 15) is 14.4 Å². The number of hydrogen-bond donors (Lipinski definition) is 0. The van der Waals surface area contributed by atoms with E-state index in [1.54, 1.807) is 30.5 Å². The van der Waals surface area contributed by atoms with Gasteiger partial charge in [0.05, 0.1) is 5.39 Å². The Kier molecular flexibility index (Phi) is 3.99. The molecule has 134 valence electrons. The molecule has 1 fully saturated rings. The molecule has 0 N–H and O–H groups in total. The van der Waals surface area contributed by atoms with Gasteiger partial charge in [-0.1, -0.05) is 0 Å². The lowest BCUT2D eigenvalue weighted by Crippen LogP contribution is -2.38. The van der Waals surface area contributed by atoms with Gasteiger partial charge < -0.3 is 4.90 Å². The maximum atomic E-state index is 13.0. The Balaban J connectivity index is 1.77. The molecule has 1 aliphatic rings. The third kappa shape index (κ3) is 2.76. The lowest BCUT2D eigenvalue weighted by atomic mass is 10.2. The van der Waals surface area contributed by atoms with Crippen molar-refractivity contribution in [3.05, 3.63) is 61.1 Å². The van der Waals surface area contributed by atoms with Gasteiger partial charge in [0.25, 0.3) is 11.5 Å². The van der Waals surface area contributed by atoms with Gasteiger partial charge in [-0.15, -0.1) is 0 Å². The van der Waals surface area contributed by atoms with E-state index in [-0.39, 0.29) is 23.3 Å². The van der Waals surface area contributed by atoms with E-state index in [0.717, 1.165) is 23.0 Å². The summed E-state index contributed by atoms with van der Waals surface area (Å²) in [7, 11) is 2.98. The number of carbonyl (C=O) groups is 1. The first-order valence-corrected chi connectivity index (χ1v) is 9.30. The van der Waals surface area contributed by atoms with Crippen LogP contribution in [0.3, 0.4) is 0 Å². The highest BCUT2D eigenvalue weighted by atomic mass is 32.1. The smallest absolute Gasteiger partial charge is 0.330 e. The zero-order chi connectivity index (χ0) is 18.4. The highest BCUT2D eigenvalue weighted by Gasteiger charge is 2.33. The molecule has 0 aliphatic heterocycles. The van der Waals surface area contributed by atoms with E-state index in [2.05, 4.69) is 4.98 Å². The first kappa shape index (κ1) is 16.7. The Labute approximate surface area is 153 Å². The van der Waals surface area contributed by atoms with Crippen LogP contribution in [-0.4, -0.2) is 31.0 Å². The molecule has 1 saturated carbocycles. The van der Waals surface area contributed by atoms with E-state index in [1.165, 1.54) is 11.6 Å². The number of nitrogens with zero attached hydrogens (tertiary/aromatic N) is 4. The molecule has 0 unspecified atom stereocenters. The molecule has 0 bridgehead atoms. The average molecular weight is 370 g/mol. The number of hydrogen-bond acceptors (Lipinski definition) is 5. The predicted molar refractivity (Wildman–Crippen MR) is 99.4 cm³/mol. The largest absolute Gasteiger partial charge is 0.332 e. The van der Waals surface area contributed by atoms with Crippen LogP contribution in [0.15, 0.2) is 38.5 Å². The van der Waals surface area contributed by atoms with Crippen molar-refractivity contribution in [3.63, 3.8) is 0 Å². The van der Waals surface area contributed by atoms with Crippen LogP contribution in [0.1, 0.15) is 28.9 Å². The Hall–Kier alpha value is -2.74. The fourth-order valence-corrected chi connectivity index (χ4v) is 3.71. The summed E-state index contributed by atoms with van der Waals surface area (Å²) in [6, 6.07) is 5.38. The van der Waals surface area contributed by atoms with Crippen molar-refractivity contribution >= 4 is 28.3 Å². The third-order valence-electron chi connectivity index (χ3n) is 4.70. The van der Waals surface area contributed by atoms with Crippen molar-refractivity contribution in [1.29, 1.82) is 0 Å². The maximum Gasteiger partial charge on any atom is 0.332 e. The summed E-state index contributed by atoms with van der Waals surface area (Å²) in [6.07, 6.45) is 1.98. The number of pyridine rings is 1. The molecule has 8 heteroatoms. The second-order valence-corrected chi connectivity index (χ2v) is 7.35. The Morgan fingerprint density at radius 1 is 1.23 bits per heavy atom. The second-order valence-electron chi connectivity index (χ2n) is 6.57. The maximum absolute atomic E-state index is 13.0. The molecule has 0 saturated heterocycles. The van der Waals surface area contributed by atoms with E-state index in [4.69, 9.17) is 0 Å². The van der Waals surface area contributed by atoms with Crippen LogP contribution in [-0.2, 0) is 20.6 Å². The van der Waals surface area contributed by atoms with Crippen LogP contribution >= 0.6 is 11.3 Å². The minimum atomic E-state index is -0.461. The standard InChI is InChI=1S/C18H18N4O3S/c1-20-15-13(16(23)21(2)18(20)25)5-6-14(19-15)17(24)22(12-3-4-12)9-11-7-8-26-10-11/h5-8,10,12H,3-4,9H2,1-2H3. The van der Waals surface area contributed by atoms with Crippen LogP contribution in [0, 0.1) is 0 Å². The van der Waals surface area contributed by atoms with Crippen molar-refractivity contribution in [3.8, 4) is 0 Å². The molecule has 1 amide bonds. The molecule has 0 atom stereocenters. The fourth-order valence-electron chi connectivity index (χ4n) is 3.05. The summed E-state index contributed by atoms with van der Waals surface area (Å²) in [5.41, 5.74) is 0.708. The van der Waals surface area contributed by atoms with Gasteiger partial charge in [0, 0.05) is 26.7 Å². The van der Waals surface area contributed by atoms with Gasteiger partial charge in [0.1, 0.15) is 11.3 Å². The van der Waals surface area contributed by atoms with E-state index in [1.807, 2.05) is 21.7 Å². The SMILES string of the molecule is Cn1c(=O)c2ccc(C(=O)N(Cc3ccsc3)C3CC3)nc2n(C)c1=O. The zero-order valence-electron chi connectivity index (χ0n) is 14.5. The zero-order valence-corrected chi connectivity index (χ0v) is 15.3. The van der Waals surface area contributed by atoms with Gasteiger partial charge >= 0.3 is 5.69 Å². The number of amides is 1. The van der Waals surface area contributed by atoms with Crippen molar-refractivity contribution in [2.75, 3.05) is 0 Å². The van der Waals surface area contributed by atoms with Crippen LogP contribution < -0.4 is 11.2 Å². The molecule has 3 heterocycles. The van der Waals surface area contributed by atoms with Gasteiger partial charge in [-0.05, 0) is 47.4 Å². The minimum Gasteiger partial charge on any atom is -0.330 e. The van der Waals surface area contributed by atoms with Crippen LogP contribution in [0.5, 0.6) is 0 Å². The number of carbonyl (C=O) groups excluding carboxylic acids is 1. The third-order valence-corrected chi connectivity index (χ3v) is 5.43. The molecule has 0 radical (unpaired) electrons. The number of aromatic nitrogens is 3. The molecule has 4 rings (SSSR count). The van der Waals surface area contributed by atoms with E-state index < -0.39 is 11.2 Å². The number of aryl methyl sites for hydroxylation is 1. The fraction of sp³-hybridized carbons (Fsp3) is 0.333. The van der Waals surface area contributed by atoms with Crippen LogP contribution in [0.25, 0.3) is 11.0 Å². The Morgan fingerprint density at radius 3 is 2.65 bits per heavy atom. The second kappa shape index (κ2) is 6.21. The molecule has 3 aromatic heterocycles. The highest BCUT2D eigenvalue weighted by Crippen LogP contribution is 2.30. The number of fused-ring (bicyclic) bond motifs is 1. The molecule has 3 aromatic rings. The average Bonchev–Trinajstić information content (AvgIpc) is 3.37. The first-order chi connectivity index (χ1) is 12.5. The highest BCUT2D eigenvalue weighted by molar-refractivity contribution is 7.07.